The van der Waals surface area contributed by atoms with Gasteiger partial charge >= 0.3 is 0 Å². The lowest BCUT2D eigenvalue weighted by atomic mass is 10.1. The molecule has 0 spiro atoms. The Morgan fingerprint density at radius 2 is 2.09 bits per heavy atom. The third kappa shape index (κ3) is 4.04. The third-order valence-corrected chi connectivity index (χ3v) is 3.85. The first-order valence-electron chi connectivity index (χ1n) is 7.70. The zero-order valence-electron chi connectivity index (χ0n) is 12.8. The molecule has 0 saturated carbocycles. The lowest BCUT2D eigenvalue weighted by Crippen LogP contribution is -2.32. The van der Waals surface area contributed by atoms with Gasteiger partial charge in [-0.05, 0) is 18.1 Å². The van der Waals surface area contributed by atoms with E-state index in [1.165, 1.54) is 16.8 Å². The summed E-state index contributed by atoms with van der Waals surface area (Å²) in [5.41, 5.74) is 0.983. The second-order valence-corrected chi connectivity index (χ2v) is 5.64. The van der Waals surface area contributed by atoms with Gasteiger partial charge in [-0.25, -0.2) is 4.68 Å². The number of aromatic nitrogens is 2. The topological polar surface area (TPSA) is 73.2 Å². The van der Waals surface area contributed by atoms with Gasteiger partial charge in [0.15, 0.2) is 0 Å². The quantitative estimate of drug-likeness (QED) is 0.896. The van der Waals surface area contributed by atoms with Gasteiger partial charge in [-0.3, -0.25) is 9.59 Å². The summed E-state index contributed by atoms with van der Waals surface area (Å²) < 4.78 is 6.59. The molecule has 1 aliphatic rings. The summed E-state index contributed by atoms with van der Waals surface area (Å²) in [6, 6.07) is 12.4. The molecule has 1 fully saturated rings. The standard InChI is InChI=1S/C17H19N3O3/c21-16-7-6-15(17(22)18-10-14-8-9-23-12-14)19-20(16)11-13-4-2-1-3-5-13/h1-7,14H,8-12H2,(H,18,22)/t14-/m1/s1. The summed E-state index contributed by atoms with van der Waals surface area (Å²) in [6.07, 6.45) is 0.960. The second kappa shape index (κ2) is 7.19. The number of hydrogen-bond donors (Lipinski definition) is 1. The minimum absolute atomic E-state index is 0.227. The Morgan fingerprint density at radius 3 is 2.83 bits per heavy atom. The molecule has 0 unspecified atom stereocenters. The fraction of sp³-hybridized carbons (Fsp3) is 0.353. The van der Waals surface area contributed by atoms with Crippen molar-refractivity contribution in [1.82, 2.24) is 15.1 Å². The van der Waals surface area contributed by atoms with E-state index in [-0.39, 0.29) is 17.2 Å². The number of nitrogens with one attached hydrogen (secondary N) is 1. The fourth-order valence-corrected chi connectivity index (χ4v) is 2.51. The molecule has 1 amide bonds. The Labute approximate surface area is 134 Å². The zero-order chi connectivity index (χ0) is 16.1. The maximum Gasteiger partial charge on any atom is 0.271 e. The summed E-state index contributed by atoms with van der Waals surface area (Å²) in [6.45, 7) is 2.34. The number of hydrogen-bond acceptors (Lipinski definition) is 4. The normalized spacial score (nSPS) is 17.1. The molecule has 1 aromatic heterocycles. The number of carbonyl (C=O) groups excluding carboxylic acids is 1. The molecule has 0 radical (unpaired) electrons. The Kier molecular flexibility index (Phi) is 4.83. The van der Waals surface area contributed by atoms with Crippen LogP contribution in [-0.2, 0) is 11.3 Å². The van der Waals surface area contributed by atoms with E-state index < -0.39 is 0 Å². The predicted octanol–water partition coefficient (Wildman–Crippen LogP) is 1.06. The first kappa shape index (κ1) is 15.4. The summed E-state index contributed by atoms with van der Waals surface area (Å²) in [5.74, 6) is 0.0906. The van der Waals surface area contributed by atoms with Crippen LogP contribution in [0.4, 0.5) is 0 Å². The average molecular weight is 313 g/mol. The number of benzene rings is 1. The molecule has 1 aliphatic heterocycles. The Hall–Kier alpha value is -2.47. The van der Waals surface area contributed by atoms with Crippen LogP contribution in [0.15, 0.2) is 47.3 Å². The Morgan fingerprint density at radius 1 is 1.26 bits per heavy atom. The van der Waals surface area contributed by atoms with Crippen molar-refractivity contribution in [3.63, 3.8) is 0 Å². The fourth-order valence-electron chi connectivity index (χ4n) is 2.51. The first-order chi connectivity index (χ1) is 11.2. The van der Waals surface area contributed by atoms with Gasteiger partial charge < -0.3 is 10.1 Å². The van der Waals surface area contributed by atoms with Crippen LogP contribution in [-0.4, -0.2) is 35.4 Å². The van der Waals surface area contributed by atoms with E-state index in [4.69, 9.17) is 4.74 Å². The molecule has 1 N–H and O–H groups in total. The summed E-state index contributed by atoms with van der Waals surface area (Å²) in [5, 5.41) is 7.03. The average Bonchev–Trinajstić information content (AvgIpc) is 3.09. The largest absolute Gasteiger partial charge is 0.381 e. The van der Waals surface area contributed by atoms with Crippen molar-refractivity contribution >= 4 is 5.91 Å². The van der Waals surface area contributed by atoms with Crippen LogP contribution in [0.25, 0.3) is 0 Å². The molecule has 1 aromatic carbocycles. The Balaban J connectivity index is 1.69. The molecule has 6 heteroatoms. The molecular weight excluding hydrogens is 294 g/mol. The van der Waals surface area contributed by atoms with Crippen LogP contribution in [0.5, 0.6) is 0 Å². The zero-order valence-corrected chi connectivity index (χ0v) is 12.8. The van der Waals surface area contributed by atoms with E-state index in [2.05, 4.69) is 10.4 Å². The van der Waals surface area contributed by atoms with Crippen molar-refractivity contribution in [2.75, 3.05) is 19.8 Å². The van der Waals surface area contributed by atoms with Crippen LogP contribution in [0.1, 0.15) is 22.5 Å². The van der Waals surface area contributed by atoms with Crippen molar-refractivity contribution in [2.45, 2.75) is 13.0 Å². The summed E-state index contributed by atoms with van der Waals surface area (Å²) in [4.78, 5) is 24.1. The molecule has 0 aliphatic carbocycles. The summed E-state index contributed by atoms with van der Waals surface area (Å²) in [7, 11) is 0. The van der Waals surface area contributed by atoms with Gasteiger partial charge in [0, 0.05) is 25.1 Å². The number of amides is 1. The van der Waals surface area contributed by atoms with E-state index in [0.717, 1.165) is 18.6 Å². The molecule has 2 heterocycles. The molecule has 0 bridgehead atoms. The van der Waals surface area contributed by atoms with Crippen molar-refractivity contribution in [2.24, 2.45) is 5.92 Å². The van der Waals surface area contributed by atoms with Gasteiger partial charge in [-0.1, -0.05) is 30.3 Å². The molecule has 2 aromatic rings. The molecular formula is C17H19N3O3. The third-order valence-electron chi connectivity index (χ3n) is 3.85. The van der Waals surface area contributed by atoms with Gasteiger partial charge in [0.05, 0.1) is 13.2 Å². The predicted molar refractivity (Wildman–Crippen MR) is 85.3 cm³/mol. The molecule has 6 nitrogen and oxygen atoms in total. The van der Waals surface area contributed by atoms with E-state index in [1.54, 1.807) is 0 Å². The van der Waals surface area contributed by atoms with Crippen LogP contribution in [0.3, 0.4) is 0 Å². The number of rotatable bonds is 5. The first-order valence-corrected chi connectivity index (χ1v) is 7.70. The second-order valence-electron chi connectivity index (χ2n) is 5.64. The summed E-state index contributed by atoms with van der Waals surface area (Å²) >= 11 is 0. The molecule has 1 saturated heterocycles. The van der Waals surface area contributed by atoms with Crippen LogP contribution in [0.2, 0.25) is 0 Å². The minimum Gasteiger partial charge on any atom is -0.381 e. The molecule has 3 rings (SSSR count). The molecule has 1 atom stereocenters. The van der Waals surface area contributed by atoms with Gasteiger partial charge in [0.1, 0.15) is 5.69 Å². The highest BCUT2D eigenvalue weighted by molar-refractivity contribution is 5.91. The highest BCUT2D eigenvalue weighted by atomic mass is 16.5. The smallest absolute Gasteiger partial charge is 0.271 e. The maximum absolute atomic E-state index is 12.2. The van der Waals surface area contributed by atoms with Gasteiger partial charge in [-0.2, -0.15) is 5.10 Å². The van der Waals surface area contributed by atoms with Gasteiger partial charge in [-0.15, -0.1) is 0 Å². The lowest BCUT2D eigenvalue weighted by Gasteiger charge is -2.10. The van der Waals surface area contributed by atoms with Crippen LogP contribution >= 0.6 is 0 Å². The van der Waals surface area contributed by atoms with Crippen LogP contribution in [0, 0.1) is 5.92 Å². The maximum atomic E-state index is 12.2. The van der Waals surface area contributed by atoms with E-state index in [1.807, 2.05) is 30.3 Å². The Bertz CT molecular complexity index is 721. The molecule has 120 valence electrons. The molecule has 23 heavy (non-hydrogen) atoms. The number of nitrogens with zero attached hydrogens (tertiary/aromatic N) is 2. The monoisotopic (exact) mass is 313 g/mol. The lowest BCUT2D eigenvalue weighted by molar-refractivity contribution is 0.0937. The SMILES string of the molecule is O=C(NC[C@H]1CCOC1)c1ccc(=O)n(Cc2ccccc2)n1. The van der Waals surface area contributed by atoms with E-state index in [9.17, 15) is 9.59 Å². The van der Waals surface area contributed by atoms with Gasteiger partial charge in [0.25, 0.3) is 11.5 Å². The van der Waals surface area contributed by atoms with Crippen molar-refractivity contribution in [3.05, 3.63) is 64.1 Å². The van der Waals surface area contributed by atoms with Crippen molar-refractivity contribution in [3.8, 4) is 0 Å². The minimum atomic E-state index is -0.265. The van der Waals surface area contributed by atoms with E-state index in [0.29, 0.717) is 25.6 Å². The van der Waals surface area contributed by atoms with Crippen molar-refractivity contribution in [1.29, 1.82) is 0 Å². The number of ether oxygens (including phenoxy) is 1. The van der Waals surface area contributed by atoms with Crippen LogP contribution < -0.4 is 10.9 Å². The van der Waals surface area contributed by atoms with Gasteiger partial charge in [0.2, 0.25) is 0 Å². The van der Waals surface area contributed by atoms with Crippen molar-refractivity contribution < 1.29 is 9.53 Å². The van der Waals surface area contributed by atoms with E-state index >= 15 is 0 Å². The number of carbonyl (C=O) groups is 1. The highest BCUT2D eigenvalue weighted by Gasteiger charge is 2.17. The highest BCUT2D eigenvalue weighted by Crippen LogP contribution is 2.10.